The van der Waals surface area contributed by atoms with Crippen molar-refractivity contribution in [2.75, 3.05) is 19.3 Å². The van der Waals surface area contributed by atoms with Crippen LogP contribution < -0.4 is 10.0 Å². The summed E-state index contributed by atoms with van der Waals surface area (Å²) in [7, 11) is -3.10. The van der Waals surface area contributed by atoms with Crippen molar-refractivity contribution < 1.29 is 8.42 Å². The van der Waals surface area contributed by atoms with Crippen LogP contribution in [0.2, 0.25) is 5.02 Å². The fourth-order valence-electron chi connectivity index (χ4n) is 1.23. The Morgan fingerprint density at radius 1 is 1.35 bits per heavy atom. The van der Waals surface area contributed by atoms with Gasteiger partial charge in [0, 0.05) is 29.1 Å². The van der Waals surface area contributed by atoms with Crippen molar-refractivity contribution in [3.8, 4) is 0 Å². The monoisotopic (exact) mass is 340 g/mol. The first kappa shape index (κ1) is 14.9. The Balaban J connectivity index is 2.34. The molecule has 0 aromatic heterocycles. The molecule has 0 fully saturated rings. The highest BCUT2D eigenvalue weighted by Crippen LogP contribution is 2.20. The predicted octanol–water partition coefficient (Wildman–Crippen LogP) is 1.74. The Morgan fingerprint density at radius 3 is 2.71 bits per heavy atom. The van der Waals surface area contributed by atoms with Crippen LogP contribution in [0.3, 0.4) is 0 Å². The number of hydrogen-bond acceptors (Lipinski definition) is 3. The molecule has 2 N–H and O–H groups in total. The van der Waals surface area contributed by atoms with E-state index in [0.29, 0.717) is 24.7 Å². The van der Waals surface area contributed by atoms with Crippen LogP contribution in [0, 0.1) is 0 Å². The lowest BCUT2D eigenvalue weighted by Gasteiger charge is -2.07. The lowest BCUT2D eigenvalue weighted by Crippen LogP contribution is -2.30. The quantitative estimate of drug-likeness (QED) is 0.775. The summed E-state index contributed by atoms with van der Waals surface area (Å²) in [6.45, 7) is 1.57. The summed E-state index contributed by atoms with van der Waals surface area (Å²) in [5, 5.41) is 3.81. The summed E-state index contributed by atoms with van der Waals surface area (Å²) in [6.07, 6.45) is 1.14. The summed E-state index contributed by atoms with van der Waals surface area (Å²) < 4.78 is 25.0. The van der Waals surface area contributed by atoms with Crippen LogP contribution >= 0.6 is 27.5 Å². The fourth-order valence-corrected chi connectivity index (χ4v) is 2.28. The first-order valence-corrected chi connectivity index (χ1v) is 8.04. The molecule has 0 saturated heterocycles. The van der Waals surface area contributed by atoms with Gasteiger partial charge in [-0.15, -0.1) is 0 Å². The van der Waals surface area contributed by atoms with Crippen molar-refractivity contribution in [3.05, 3.63) is 33.3 Å². The van der Waals surface area contributed by atoms with Crippen molar-refractivity contribution in [3.63, 3.8) is 0 Å². The maximum atomic E-state index is 10.8. The van der Waals surface area contributed by atoms with E-state index in [1.165, 1.54) is 0 Å². The highest BCUT2D eigenvalue weighted by Gasteiger charge is 2.01. The van der Waals surface area contributed by atoms with Crippen molar-refractivity contribution in [2.45, 2.75) is 6.54 Å². The van der Waals surface area contributed by atoms with Crippen molar-refractivity contribution in [1.29, 1.82) is 0 Å². The molecule has 4 nitrogen and oxygen atoms in total. The number of sulfonamides is 1. The topological polar surface area (TPSA) is 58.2 Å². The minimum atomic E-state index is -3.10. The van der Waals surface area contributed by atoms with E-state index in [0.717, 1.165) is 16.3 Å². The smallest absolute Gasteiger partial charge is 0.208 e. The molecule has 0 bridgehead atoms. The van der Waals surface area contributed by atoms with Crippen LogP contribution in [0.25, 0.3) is 0 Å². The van der Waals surface area contributed by atoms with Gasteiger partial charge in [-0.1, -0.05) is 27.5 Å². The maximum absolute atomic E-state index is 10.8. The van der Waals surface area contributed by atoms with Crippen LogP contribution in [0.15, 0.2) is 22.7 Å². The molecule has 0 spiro atoms. The van der Waals surface area contributed by atoms with Gasteiger partial charge < -0.3 is 5.32 Å². The molecule has 1 aromatic carbocycles. The molecule has 96 valence electrons. The molecular formula is C10H14BrClN2O2S. The zero-order valence-electron chi connectivity index (χ0n) is 9.33. The van der Waals surface area contributed by atoms with Crippen molar-refractivity contribution >= 4 is 37.6 Å². The Hall–Kier alpha value is -0.140. The summed E-state index contributed by atoms with van der Waals surface area (Å²) >= 11 is 9.30. The molecule has 0 radical (unpaired) electrons. The molecule has 0 saturated carbocycles. The second-order valence-electron chi connectivity index (χ2n) is 3.58. The molecule has 0 unspecified atom stereocenters. The first-order valence-electron chi connectivity index (χ1n) is 4.98. The largest absolute Gasteiger partial charge is 0.311 e. The minimum Gasteiger partial charge on any atom is -0.311 e. The van der Waals surface area contributed by atoms with Crippen molar-refractivity contribution in [1.82, 2.24) is 10.0 Å². The van der Waals surface area contributed by atoms with Gasteiger partial charge in [-0.3, -0.25) is 0 Å². The average molecular weight is 342 g/mol. The predicted molar refractivity (Wildman–Crippen MR) is 73.7 cm³/mol. The van der Waals surface area contributed by atoms with Gasteiger partial charge in [0.15, 0.2) is 0 Å². The lowest BCUT2D eigenvalue weighted by atomic mass is 10.2. The second-order valence-corrected chi connectivity index (χ2v) is 6.70. The van der Waals surface area contributed by atoms with Gasteiger partial charge in [-0.25, -0.2) is 13.1 Å². The van der Waals surface area contributed by atoms with E-state index in [1.54, 1.807) is 6.07 Å². The molecule has 7 heteroatoms. The van der Waals surface area contributed by atoms with Gasteiger partial charge in [0.25, 0.3) is 0 Å². The Bertz CT molecular complexity index is 479. The summed E-state index contributed by atoms with van der Waals surface area (Å²) in [6, 6.07) is 5.55. The molecular weight excluding hydrogens is 328 g/mol. The summed E-state index contributed by atoms with van der Waals surface area (Å²) in [4.78, 5) is 0. The molecule has 0 amide bonds. The molecule has 0 atom stereocenters. The van der Waals surface area contributed by atoms with E-state index in [1.807, 2.05) is 12.1 Å². The normalized spacial score (nSPS) is 11.7. The minimum absolute atomic E-state index is 0.372. The first-order chi connectivity index (χ1) is 7.88. The average Bonchev–Trinajstić information content (AvgIpc) is 2.21. The zero-order chi connectivity index (χ0) is 12.9. The standard InChI is InChI=1S/C10H14BrClN2O2S/c1-17(15,16)14-5-4-13-7-8-6-9(12)2-3-10(8)11/h2-3,6,13-14H,4-5,7H2,1H3. The van der Waals surface area contributed by atoms with Gasteiger partial charge >= 0.3 is 0 Å². The van der Waals surface area contributed by atoms with Gasteiger partial charge in [-0.2, -0.15) is 0 Å². The van der Waals surface area contributed by atoms with Crippen LogP contribution in [0.4, 0.5) is 0 Å². The molecule has 1 rings (SSSR count). The van der Waals surface area contributed by atoms with E-state index >= 15 is 0 Å². The van der Waals surface area contributed by atoms with Gasteiger partial charge in [0.05, 0.1) is 6.26 Å². The number of hydrogen-bond donors (Lipinski definition) is 2. The van der Waals surface area contributed by atoms with E-state index in [9.17, 15) is 8.42 Å². The third kappa shape index (κ3) is 6.38. The maximum Gasteiger partial charge on any atom is 0.208 e. The molecule has 1 aromatic rings. The van der Waals surface area contributed by atoms with E-state index in [2.05, 4.69) is 26.0 Å². The third-order valence-corrected chi connectivity index (χ3v) is 3.73. The third-order valence-electron chi connectivity index (χ3n) is 1.99. The van der Waals surface area contributed by atoms with Crippen LogP contribution in [-0.4, -0.2) is 27.8 Å². The highest BCUT2D eigenvalue weighted by atomic mass is 79.9. The van der Waals surface area contributed by atoms with E-state index in [4.69, 9.17) is 11.6 Å². The van der Waals surface area contributed by atoms with Crippen LogP contribution in [0.5, 0.6) is 0 Å². The van der Waals surface area contributed by atoms with Crippen LogP contribution in [0.1, 0.15) is 5.56 Å². The van der Waals surface area contributed by atoms with Gasteiger partial charge in [0.2, 0.25) is 10.0 Å². The zero-order valence-corrected chi connectivity index (χ0v) is 12.5. The Kier molecular flexibility index (Phi) is 5.88. The Morgan fingerprint density at radius 2 is 2.06 bits per heavy atom. The Labute approximate surface area is 115 Å². The molecule has 17 heavy (non-hydrogen) atoms. The lowest BCUT2D eigenvalue weighted by molar-refractivity contribution is 0.581. The van der Waals surface area contributed by atoms with Crippen LogP contribution in [-0.2, 0) is 16.6 Å². The van der Waals surface area contributed by atoms with Gasteiger partial charge in [-0.05, 0) is 23.8 Å². The molecule has 0 aliphatic heterocycles. The SMILES string of the molecule is CS(=O)(=O)NCCNCc1cc(Cl)ccc1Br. The van der Waals surface area contributed by atoms with Crippen molar-refractivity contribution in [2.24, 2.45) is 0 Å². The number of halogens is 2. The van der Waals surface area contributed by atoms with Gasteiger partial charge in [0.1, 0.15) is 0 Å². The number of nitrogens with one attached hydrogen (secondary N) is 2. The summed E-state index contributed by atoms with van der Waals surface area (Å²) in [5.74, 6) is 0. The number of rotatable bonds is 6. The fraction of sp³-hybridized carbons (Fsp3) is 0.400. The highest BCUT2D eigenvalue weighted by molar-refractivity contribution is 9.10. The van der Waals surface area contributed by atoms with E-state index in [-0.39, 0.29) is 0 Å². The molecule has 0 aliphatic rings. The number of benzene rings is 1. The second kappa shape index (κ2) is 6.70. The molecule has 0 aliphatic carbocycles. The molecule has 0 heterocycles. The van der Waals surface area contributed by atoms with E-state index < -0.39 is 10.0 Å². The summed E-state index contributed by atoms with van der Waals surface area (Å²) in [5.41, 5.74) is 1.04.